The van der Waals surface area contributed by atoms with Crippen LogP contribution in [0.4, 0.5) is 0 Å². The van der Waals surface area contributed by atoms with Gasteiger partial charge in [0.25, 0.3) is 5.91 Å². The van der Waals surface area contributed by atoms with Gasteiger partial charge in [0.15, 0.2) is 6.61 Å². The molecule has 0 radical (unpaired) electrons. The largest absolute Gasteiger partial charge is 0.452 e. The Balaban J connectivity index is 2.32. The van der Waals surface area contributed by atoms with E-state index in [1.54, 1.807) is 13.0 Å². The van der Waals surface area contributed by atoms with E-state index in [9.17, 15) is 14.4 Å². The molecule has 6 nitrogen and oxygen atoms in total. The Kier molecular flexibility index (Phi) is 7.39. The molecule has 0 aliphatic heterocycles. The van der Waals surface area contributed by atoms with Crippen LogP contribution in [0.2, 0.25) is 0 Å². The highest BCUT2D eigenvalue weighted by Gasteiger charge is 2.07. The summed E-state index contributed by atoms with van der Waals surface area (Å²) in [4.78, 5) is 34.0. The fraction of sp³-hybridized carbons (Fsp3) is 0.312. The second-order valence-electron chi connectivity index (χ2n) is 4.53. The van der Waals surface area contributed by atoms with E-state index in [1.165, 1.54) is 6.08 Å². The third kappa shape index (κ3) is 6.69. The predicted molar refractivity (Wildman–Crippen MR) is 82.9 cm³/mol. The first-order chi connectivity index (χ1) is 10.5. The van der Waals surface area contributed by atoms with E-state index in [4.69, 9.17) is 4.74 Å². The number of benzene rings is 1. The molecule has 0 saturated heterocycles. The first-order valence-electron chi connectivity index (χ1n) is 6.96. The molecule has 2 amide bonds. The number of amides is 2. The molecule has 0 atom stereocenters. The van der Waals surface area contributed by atoms with Crippen molar-refractivity contribution in [3.8, 4) is 0 Å². The number of ether oxygens (including phenoxy) is 1. The van der Waals surface area contributed by atoms with Gasteiger partial charge in [0, 0.05) is 12.6 Å². The van der Waals surface area contributed by atoms with E-state index in [2.05, 4.69) is 10.6 Å². The minimum atomic E-state index is -0.614. The van der Waals surface area contributed by atoms with E-state index in [1.807, 2.05) is 31.2 Å². The molecular weight excluding hydrogens is 284 g/mol. The number of nitrogens with one attached hydrogen (secondary N) is 2. The van der Waals surface area contributed by atoms with Crippen molar-refractivity contribution in [1.29, 1.82) is 0 Å². The first-order valence-corrected chi connectivity index (χ1v) is 6.96. The van der Waals surface area contributed by atoms with Gasteiger partial charge >= 0.3 is 5.97 Å². The number of likely N-dealkylation sites (N-methyl/N-ethyl adjacent to an activating group) is 1. The van der Waals surface area contributed by atoms with Gasteiger partial charge < -0.3 is 15.4 Å². The number of hydrogen-bond acceptors (Lipinski definition) is 4. The minimum absolute atomic E-state index is 0.136. The molecule has 0 spiro atoms. The van der Waals surface area contributed by atoms with Crippen molar-refractivity contribution in [3.63, 3.8) is 0 Å². The van der Waals surface area contributed by atoms with Gasteiger partial charge in [-0.05, 0) is 31.1 Å². The van der Waals surface area contributed by atoms with Crippen molar-refractivity contribution in [2.45, 2.75) is 13.8 Å². The molecule has 0 aromatic heterocycles. The summed E-state index contributed by atoms with van der Waals surface area (Å²) in [6.45, 7) is 3.65. The second-order valence-corrected chi connectivity index (χ2v) is 4.53. The van der Waals surface area contributed by atoms with Gasteiger partial charge in [-0.15, -0.1) is 0 Å². The highest BCUT2D eigenvalue weighted by molar-refractivity contribution is 5.90. The van der Waals surface area contributed by atoms with Crippen LogP contribution in [-0.4, -0.2) is 37.5 Å². The molecule has 0 saturated carbocycles. The molecule has 22 heavy (non-hydrogen) atoms. The van der Waals surface area contributed by atoms with Gasteiger partial charge in [0.2, 0.25) is 5.91 Å². The van der Waals surface area contributed by atoms with E-state index in [-0.39, 0.29) is 12.5 Å². The van der Waals surface area contributed by atoms with Crippen molar-refractivity contribution in [3.05, 3.63) is 41.5 Å². The number of hydrogen-bond donors (Lipinski definition) is 2. The molecule has 0 bridgehead atoms. The average Bonchev–Trinajstić information content (AvgIpc) is 2.50. The normalized spacial score (nSPS) is 10.3. The SMILES string of the molecule is CCNC(=O)CNC(=O)COC(=O)/C=C/c1ccccc1C. The van der Waals surface area contributed by atoms with Gasteiger partial charge in [0.1, 0.15) is 0 Å². The van der Waals surface area contributed by atoms with Crippen molar-refractivity contribution < 1.29 is 19.1 Å². The maximum absolute atomic E-state index is 11.5. The molecule has 0 fully saturated rings. The highest BCUT2D eigenvalue weighted by Crippen LogP contribution is 2.08. The summed E-state index contributed by atoms with van der Waals surface area (Å²) in [5.74, 6) is -1.43. The summed E-state index contributed by atoms with van der Waals surface area (Å²) < 4.78 is 4.79. The van der Waals surface area contributed by atoms with Crippen LogP contribution in [0, 0.1) is 6.92 Å². The van der Waals surface area contributed by atoms with Crippen LogP contribution in [0.25, 0.3) is 6.08 Å². The Morgan fingerprint density at radius 1 is 1.14 bits per heavy atom. The number of rotatable bonds is 7. The molecule has 2 N–H and O–H groups in total. The lowest BCUT2D eigenvalue weighted by Crippen LogP contribution is -2.38. The summed E-state index contributed by atoms with van der Waals surface area (Å²) in [7, 11) is 0. The Bertz CT molecular complexity index is 567. The van der Waals surface area contributed by atoms with E-state index in [0.717, 1.165) is 11.1 Å². The lowest BCUT2D eigenvalue weighted by molar-refractivity contribution is -0.143. The zero-order valence-corrected chi connectivity index (χ0v) is 12.7. The van der Waals surface area contributed by atoms with Crippen molar-refractivity contribution in [2.24, 2.45) is 0 Å². The van der Waals surface area contributed by atoms with Crippen LogP contribution in [0.3, 0.4) is 0 Å². The molecule has 6 heteroatoms. The van der Waals surface area contributed by atoms with Crippen molar-refractivity contribution in [1.82, 2.24) is 10.6 Å². The zero-order valence-electron chi connectivity index (χ0n) is 12.7. The van der Waals surface area contributed by atoms with E-state index in [0.29, 0.717) is 6.54 Å². The zero-order chi connectivity index (χ0) is 16.4. The van der Waals surface area contributed by atoms with Crippen molar-refractivity contribution in [2.75, 3.05) is 19.7 Å². The first kappa shape index (κ1) is 17.4. The quantitative estimate of drug-likeness (QED) is 0.576. The van der Waals surface area contributed by atoms with Crippen LogP contribution in [-0.2, 0) is 19.1 Å². The van der Waals surface area contributed by atoms with E-state index < -0.39 is 18.5 Å². The Labute approximate surface area is 129 Å². The van der Waals surface area contributed by atoms with Gasteiger partial charge in [0.05, 0.1) is 6.54 Å². The summed E-state index contributed by atoms with van der Waals surface area (Å²) in [5, 5.41) is 4.89. The Morgan fingerprint density at radius 2 is 1.86 bits per heavy atom. The summed E-state index contributed by atoms with van der Waals surface area (Å²) in [6, 6.07) is 7.58. The van der Waals surface area contributed by atoms with Gasteiger partial charge in [-0.2, -0.15) is 0 Å². The number of esters is 1. The van der Waals surface area contributed by atoms with Crippen LogP contribution < -0.4 is 10.6 Å². The van der Waals surface area contributed by atoms with Gasteiger partial charge in [-0.25, -0.2) is 4.79 Å². The molecule has 118 valence electrons. The minimum Gasteiger partial charge on any atom is -0.452 e. The number of aryl methyl sites for hydroxylation is 1. The average molecular weight is 304 g/mol. The molecular formula is C16H20N2O4. The lowest BCUT2D eigenvalue weighted by Gasteiger charge is -2.05. The smallest absolute Gasteiger partial charge is 0.331 e. The summed E-state index contributed by atoms with van der Waals surface area (Å²) >= 11 is 0. The van der Waals surface area contributed by atoms with Crippen LogP contribution >= 0.6 is 0 Å². The Morgan fingerprint density at radius 3 is 2.55 bits per heavy atom. The molecule has 1 rings (SSSR count). The van der Waals surface area contributed by atoms with Gasteiger partial charge in [-0.3, -0.25) is 9.59 Å². The second kappa shape index (κ2) is 9.33. The third-order valence-corrected chi connectivity index (χ3v) is 2.75. The molecule has 1 aromatic rings. The number of carbonyl (C=O) groups is 3. The molecule has 1 aromatic carbocycles. The van der Waals surface area contributed by atoms with E-state index >= 15 is 0 Å². The maximum atomic E-state index is 11.5. The van der Waals surface area contributed by atoms with Gasteiger partial charge in [-0.1, -0.05) is 24.3 Å². The predicted octanol–water partition coefficient (Wildman–Crippen LogP) is 0.804. The standard InChI is InChI=1S/C16H20N2O4/c1-3-17-14(19)10-18-15(20)11-22-16(21)9-8-13-7-5-4-6-12(13)2/h4-9H,3,10-11H2,1-2H3,(H,17,19)(H,18,20)/b9-8+. The molecule has 0 aliphatic carbocycles. The fourth-order valence-electron chi connectivity index (χ4n) is 1.61. The maximum Gasteiger partial charge on any atom is 0.331 e. The Hall–Kier alpha value is -2.63. The third-order valence-electron chi connectivity index (χ3n) is 2.75. The lowest BCUT2D eigenvalue weighted by atomic mass is 10.1. The van der Waals surface area contributed by atoms with Crippen LogP contribution in [0.5, 0.6) is 0 Å². The fourth-order valence-corrected chi connectivity index (χ4v) is 1.61. The van der Waals surface area contributed by atoms with Crippen LogP contribution in [0.15, 0.2) is 30.3 Å². The summed E-state index contributed by atoms with van der Waals surface area (Å²) in [5.41, 5.74) is 1.94. The molecule has 0 heterocycles. The topological polar surface area (TPSA) is 84.5 Å². The molecule has 0 aliphatic rings. The highest BCUT2D eigenvalue weighted by atomic mass is 16.5. The molecule has 0 unspecified atom stereocenters. The van der Waals surface area contributed by atoms with Crippen LogP contribution in [0.1, 0.15) is 18.1 Å². The van der Waals surface area contributed by atoms with Crippen molar-refractivity contribution >= 4 is 23.9 Å². The summed E-state index contributed by atoms with van der Waals surface area (Å²) in [6.07, 6.45) is 2.89. The monoisotopic (exact) mass is 304 g/mol. The number of carbonyl (C=O) groups excluding carboxylic acids is 3.